The Hall–Kier alpha value is -1.10. The summed E-state index contributed by atoms with van der Waals surface area (Å²) in [6.45, 7) is 1.93. The number of pyridine rings is 1. The zero-order valence-electron chi connectivity index (χ0n) is 11.1. The van der Waals surface area contributed by atoms with E-state index in [0.29, 0.717) is 6.42 Å². The van der Waals surface area contributed by atoms with Crippen molar-refractivity contribution >= 4 is 17.4 Å². The molecule has 1 aliphatic rings. The summed E-state index contributed by atoms with van der Waals surface area (Å²) < 4.78 is 37.6. The van der Waals surface area contributed by atoms with Crippen molar-refractivity contribution in [2.45, 2.75) is 45.2 Å². The zero-order chi connectivity index (χ0) is 15.0. The van der Waals surface area contributed by atoms with E-state index < -0.39 is 17.3 Å². The molecule has 1 aromatic heterocycles. The summed E-state index contributed by atoms with van der Waals surface area (Å²) in [5, 5.41) is -0.357. The molecule has 0 N–H and O–H groups in total. The number of alkyl halides is 3. The molecule has 0 unspecified atom stereocenters. The number of aromatic nitrogens is 1. The zero-order valence-corrected chi connectivity index (χ0v) is 11.8. The molecule has 6 heteroatoms. The Balaban J connectivity index is 2.36. The molecular weight excluding hydrogens is 291 g/mol. The van der Waals surface area contributed by atoms with E-state index in [9.17, 15) is 18.0 Å². The first-order valence-corrected chi connectivity index (χ1v) is 6.96. The first-order chi connectivity index (χ1) is 9.30. The van der Waals surface area contributed by atoms with Gasteiger partial charge in [0.05, 0.1) is 5.56 Å². The van der Waals surface area contributed by atoms with Crippen LogP contribution in [-0.4, -0.2) is 10.8 Å². The molecule has 0 aliphatic heterocycles. The highest BCUT2D eigenvalue weighted by atomic mass is 35.5. The largest absolute Gasteiger partial charge is 0.433 e. The third-order valence-electron chi connectivity index (χ3n) is 4.10. The van der Waals surface area contributed by atoms with Gasteiger partial charge in [-0.3, -0.25) is 4.79 Å². The first-order valence-electron chi connectivity index (χ1n) is 6.59. The van der Waals surface area contributed by atoms with Crippen LogP contribution in [0.1, 0.15) is 55.1 Å². The molecule has 2 nitrogen and oxygen atoms in total. The normalized spacial score (nSPS) is 18.2. The SMILES string of the molecule is CCC1(C(=O)c2ccc(C(F)(F)F)nc2Cl)CCCC1. The van der Waals surface area contributed by atoms with Gasteiger partial charge < -0.3 is 0 Å². The molecule has 2 rings (SSSR count). The van der Waals surface area contributed by atoms with Gasteiger partial charge in [0.2, 0.25) is 0 Å². The van der Waals surface area contributed by atoms with Crippen molar-refractivity contribution in [2.24, 2.45) is 5.41 Å². The standard InChI is InChI=1S/C14H15ClF3NO/c1-2-13(7-3-4-8-13)11(20)9-5-6-10(14(16,17)18)19-12(9)15/h5-6H,2-4,7-8H2,1H3. The number of ketones is 1. The Morgan fingerprint density at radius 2 is 1.95 bits per heavy atom. The Labute approximate surface area is 120 Å². The van der Waals surface area contributed by atoms with Crippen molar-refractivity contribution in [1.29, 1.82) is 0 Å². The molecule has 0 spiro atoms. The molecule has 20 heavy (non-hydrogen) atoms. The van der Waals surface area contributed by atoms with Crippen LogP contribution in [0.5, 0.6) is 0 Å². The second-order valence-electron chi connectivity index (χ2n) is 5.20. The number of halogens is 4. The second-order valence-corrected chi connectivity index (χ2v) is 5.56. The Morgan fingerprint density at radius 3 is 2.40 bits per heavy atom. The monoisotopic (exact) mass is 305 g/mol. The van der Waals surface area contributed by atoms with Gasteiger partial charge >= 0.3 is 6.18 Å². The van der Waals surface area contributed by atoms with Crippen molar-refractivity contribution < 1.29 is 18.0 Å². The van der Waals surface area contributed by atoms with E-state index in [4.69, 9.17) is 11.6 Å². The molecule has 1 fully saturated rings. The van der Waals surface area contributed by atoms with Gasteiger partial charge in [-0.15, -0.1) is 0 Å². The molecule has 1 heterocycles. The lowest BCUT2D eigenvalue weighted by Crippen LogP contribution is -2.28. The molecule has 0 bridgehead atoms. The third kappa shape index (κ3) is 2.68. The predicted octanol–water partition coefficient (Wildman–Crippen LogP) is 4.91. The minimum absolute atomic E-state index is 0.100. The fourth-order valence-corrected chi connectivity index (χ4v) is 3.08. The van der Waals surface area contributed by atoms with Crippen LogP contribution in [0.3, 0.4) is 0 Å². The molecular formula is C14H15ClF3NO. The van der Waals surface area contributed by atoms with Gasteiger partial charge in [0.25, 0.3) is 0 Å². The highest BCUT2D eigenvalue weighted by Crippen LogP contribution is 2.44. The van der Waals surface area contributed by atoms with Gasteiger partial charge in [0.1, 0.15) is 10.8 Å². The fraction of sp³-hybridized carbons (Fsp3) is 0.571. The van der Waals surface area contributed by atoms with Crippen LogP contribution in [0.15, 0.2) is 12.1 Å². The molecule has 1 aromatic rings. The summed E-state index contributed by atoms with van der Waals surface area (Å²) in [6, 6.07) is 1.97. The van der Waals surface area contributed by atoms with Crippen molar-refractivity contribution in [3.63, 3.8) is 0 Å². The van der Waals surface area contributed by atoms with Crippen LogP contribution in [-0.2, 0) is 6.18 Å². The maximum Gasteiger partial charge on any atom is 0.433 e. The van der Waals surface area contributed by atoms with Crippen molar-refractivity contribution in [3.8, 4) is 0 Å². The van der Waals surface area contributed by atoms with Gasteiger partial charge in [0, 0.05) is 5.41 Å². The van der Waals surface area contributed by atoms with E-state index in [2.05, 4.69) is 4.98 Å². The second kappa shape index (κ2) is 5.35. The van der Waals surface area contributed by atoms with Gasteiger partial charge in [-0.05, 0) is 31.4 Å². The first kappa shape index (κ1) is 15.3. The van der Waals surface area contributed by atoms with Crippen LogP contribution in [0.2, 0.25) is 5.15 Å². The van der Waals surface area contributed by atoms with E-state index in [1.54, 1.807) is 0 Å². The van der Waals surface area contributed by atoms with Crippen LogP contribution in [0.4, 0.5) is 13.2 Å². The number of rotatable bonds is 3. The van der Waals surface area contributed by atoms with Crippen LogP contribution in [0.25, 0.3) is 0 Å². The van der Waals surface area contributed by atoms with Gasteiger partial charge in [-0.2, -0.15) is 13.2 Å². The summed E-state index contributed by atoms with van der Waals surface area (Å²) in [5.41, 5.74) is -1.45. The minimum Gasteiger partial charge on any atom is -0.293 e. The Kier molecular flexibility index (Phi) is 4.09. The third-order valence-corrected chi connectivity index (χ3v) is 4.39. The van der Waals surface area contributed by atoms with Crippen molar-refractivity contribution in [2.75, 3.05) is 0 Å². The van der Waals surface area contributed by atoms with E-state index in [-0.39, 0.29) is 16.5 Å². The lowest BCUT2D eigenvalue weighted by molar-refractivity contribution is -0.141. The molecule has 0 aromatic carbocycles. The average molecular weight is 306 g/mol. The van der Waals surface area contributed by atoms with Gasteiger partial charge in [0.15, 0.2) is 5.78 Å². The van der Waals surface area contributed by atoms with Gasteiger partial charge in [-0.1, -0.05) is 31.4 Å². The number of hydrogen-bond donors (Lipinski definition) is 0. The Morgan fingerprint density at radius 1 is 1.35 bits per heavy atom. The fourth-order valence-electron chi connectivity index (χ4n) is 2.84. The Bertz CT molecular complexity index is 522. The van der Waals surface area contributed by atoms with Gasteiger partial charge in [-0.25, -0.2) is 4.98 Å². The summed E-state index contributed by atoms with van der Waals surface area (Å²) in [6.07, 6.45) is -0.430. The minimum atomic E-state index is -4.55. The van der Waals surface area contributed by atoms with E-state index >= 15 is 0 Å². The number of carbonyl (C=O) groups excluding carboxylic acids is 1. The molecule has 1 aliphatic carbocycles. The maximum atomic E-state index is 12.6. The van der Waals surface area contributed by atoms with Crippen LogP contribution >= 0.6 is 11.6 Å². The molecule has 0 atom stereocenters. The van der Waals surface area contributed by atoms with Crippen molar-refractivity contribution in [1.82, 2.24) is 4.98 Å². The summed E-state index contributed by atoms with van der Waals surface area (Å²) in [5.74, 6) is -0.177. The smallest absolute Gasteiger partial charge is 0.293 e. The topological polar surface area (TPSA) is 30.0 Å². The van der Waals surface area contributed by atoms with Crippen LogP contribution < -0.4 is 0 Å². The number of carbonyl (C=O) groups is 1. The van der Waals surface area contributed by atoms with E-state index in [1.807, 2.05) is 6.92 Å². The number of hydrogen-bond acceptors (Lipinski definition) is 2. The number of Topliss-reactive ketones (excluding diaryl/α,β-unsaturated/α-hetero) is 1. The van der Waals surface area contributed by atoms with E-state index in [1.165, 1.54) is 0 Å². The lowest BCUT2D eigenvalue weighted by Gasteiger charge is -2.26. The van der Waals surface area contributed by atoms with Crippen molar-refractivity contribution in [3.05, 3.63) is 28.5 Å². The number of nitrogens with zero attached hydrogens (tertiary/aromatic N) is 1. The molecule has 0 amide bonds. The van der Waals surface area contributed by atoms with E-state index in [0.717, 1.165) is 37.8 Å². The summed E-state index contributed by atoms with van der Waals surface area (Å²) >= 11 is 5.80. The quantitative estimate of drug-likeness (QED) is 0.587. The molecule has 1 saturated carbocycles. The molecule has 110 valence electrons. The molecule has 0 radical (unpaired) electrons. The lowest BCUT2D eigenvalue weighted by atomic mass is 9.77. The maximum absolute atomic E-state index is 12.6. The molecule has 0 saturated heterocycles. The van der Waals surface area contributed by atoms with Crippen LogP contribution in [0, 0.1) is 5.41 Å². The highest BCUT2D eigenvalue weighted by Gasteiger charge is 2.41. The average Bonchev–Trinajstić information content (AvgIpc) is 2.86. The highest BCUT2D eigenvalue weighted by molar-refractivity contribution is 6.33. The summed E-state index contributed by atoms with van der Waals surface area (Å²) in [4.78, 5) is 15.9. The predicted molar refractivity (Wildman–Crippen MR) is 69.8 cm³/mol. The summed E-state index contributed by atoms with van der Waals surface area (Å²) in [7, 11) is 0.